The molecule has 9 heteroatoms. The van der Waals surface area contributed by atoms with Crippen LogP contribution in [0.15, 0.2) is 52.4 Å². The predicted octanol–water partition coefficient (Wildman–Crippen LogP) is 4.22. The van der Waals surface area contributed by atoms with E-state index in [2.05, 4.69) is 15.3 Å². The summed E-state index contributed by atoms with van der Waals surface area (Å²) in [5, 5.41) is 2.52. The van der Waals surface area contributed by atoms with E-state index < -0.39 is 23.0 Å². The summed E-state index contributed by atoms with van der Waals surface area (Å²) < 4.78 is 14.0. The van der Waals surface area contributed by atoms with Crippen LogP contribution in [0.4, 0.5) is 15.8 Å². The molecule has 4 rings (SSSR count). The molecule has 0 spiro atoms. The number of amidine groups is 2. The van der Waals surface area contributed by atoms with Gasteiger partial charge in [0.1, 0.15) is 17.7 Å². The first-order valence-electron chi connectivity index (χ1n) is 8.87. The van der Waals surface area contributed by atoms with E-state index in [1.165, 1.54) is 17.0 Å². The summed E-state index contributed by atoms with van der Waals surface area (Å²) in [4.78, 5) is 35.7. The number of rotatable bonds is 3. The topological polar surface area (TPSA) is 74.1 Å². The van der Waals surface area contributed by atoms with Crippen molar-refractivity contribution in [1.82, 2.24) is 4.90 Å². The van der Waals surface area contributed by atoms with E-state index >= 15 is 0 Å². The molecule has 2 aliphatic rings. The van der Waals surface area contributed by atoms with Crippen molar-refractivity contribution in [2.75, 3.05) is 5.32 Å². The number of carbonyl (C=O) groups excluding carboxylic acids is 2. The van der Waals surface area contributed by atoms with Gasteiger partial charge in [-0.25, -0.2) is 14.3 Å². The van der Waals surface area contributed by atoms with Gasteiger partial charge in [-0.05, 0) is 44.2 Å². The van der Waals surface area contributed by atoms with Crippen molar-refractivity contribution < 1.29 is 14.0 Å². The second kappa shape index (κ2) is 7.61. The lowest BCUT2D eigenvalue weighted by molar-refractivity contribution is -0.124. The lowest BCUT2D eigenvalue weighted by atomic mass is 10.1. The first kappa shape index (κ1) is 19.6. The molecule has 0 bridgehead atoms. The second-order valence-electron chi connectivity index (χ2n) is 6.59. The van der Waals surface area contributed by atoms with Crippen LogP contribution in [-0.2, 0) is 9.59 Å². The molecule has 1 N–H and O–H groups in total. The SMILES string of the molecule is C[C@H](SC1=Nc2ccccc2C2=N[C@H](C)C(=O)N12)C(=O)Nc1ccc(Cl)cc1F. The fraction of sp³-hybridized carbons (Fsp3) is 0.200. The van der Waals surface area contributed by atoms with E-state index in [0.29, 0.717) is 16.7 Å². The molecule has 2 atom stereocenters. The van der Waals surface area contributed by atoms with Gasteiger partial charge in [0.15, 0.2) is 5.17 Å². The molecule has 0 saturated heterocycles. The number of para-hydroxylation sites is 1. The van der Waals surface area contributed by atoms with Gasteiger partial charge >= 0.3 is 0 Å². The number of halogens is 2. The van der Waals surface area contributed by atoms with Gasteiger partial charge in [-0.2, -0.15) is 0 Å². The van der Waals surface area contributed by atoms with Gasteiger partial charge in [-0.3, -0.25) is 14.6 Å². The van der Waals surface area contributed by atoms with Gasteiger partial charge in [-0.1, -0.05) is 35.5 Å². The molecule has 6 nitrogen and oxygen atoms in total. The molecule has 148 valence electrons. The summed E-state index contributed by atoms with van der Waals surface area (Å²) in [5.41, 5.74) is 1.49. The average molecular weight is 431 g/mol. The molecule has 0 aromatic heterocycles. The van der Waals surface area contributed by atoms with E-state index in [0.717, 1.165) is 23.4 Å². The van der Waals surface area contributed by atoms with Crippen molar-refractivity contribution in [3.05, 3.63) is 58.9 Å². The number of amides is 2. The molecule has 0 saturated carbocycles. The lowest BCUT2D eigenvalue weighted by Gasteiger charge is -2.26. The minimum absolute atomic E-state index is 0.0379. The van der Waals surface area contributed by atoms with Gasteiger partial charge in [0.05, 0.1) is 16.6 Å². The second-order valence-corrected chi connectivity index (χ2v) is 8.33. The standard InChI is InChI=1S/C20H16ClFN4O2S/c1-10-19(28)26-17(23-10)13-5-3-4-6-15(13)25-20(26)29-11(2)18(27)24-16-8-7-12(21)9-14(16)22/h3-11H,1-2H3,(H,24,27)/t10-,11+/m1/s1. The number of hydrogen-bond donors (Lipinski definition) is 1. The highest BCUT2D eigenvalue weighted by molar-refractivity contribution is 8.15. The molecule has 0 aliphatic carbocycles. The van der Waals surface area contributed by atoms with Crippen molar-refractivity contribution in [2.45, 2.75) is 25.1 Å². The molecule has 2 heterocycles. The van der Waals surface area contributed by atoms with Crippen LogP contribution in [0.25, 0.3) is 0 Å². The molecule has 2 aromatic rings. The molecular formula is C20H16ClFN4O2S. The van der Waals surface area contributed by atoms with E-state index in [-0.39, 0.29) is 16.6 Å². The van der Waals surface area contributed by atoms with Gasteiger partial charge in [0.2, 0.25) is 5.91 Å². The van der Waals surface area contributed by atoms with E-state index in [1.54, 1.807) is 13.8 Å². The van der Waals surface area contributed by atoms with Crippen molar-refractivity contribution in [3.8, 4) is 0 Å². The predicted molar refractivity (Wildman–Crippen MR) is 113 cm³/mol. The van der Waals surface area contributed by atoms with Crippen LogP contribution in [0.3, 0.4) is 0 Å². The van der Waals surface area contributed by atoms with E-state index in [1.807, 2.05) is 24.3 Å². The molecular weight excluding hydrogens is 415 g/mol. The summed E-state index contributed by atoms with van der Waals surface area (Å²) >= 11 is 6.86. The average Bonchev–Trinajstić information content (AvgIpc) is 2.99. The third-order valence-electron chi connectivity index (χ3n) is 4.50. The lowest BCUT2D eigenvalue weighted by Crippen LogP contribution is -2.42. The summed E-state index contributed by atoms with van der Waals surface area (Å²) in [7, 11) is 0. The molecule has 0 radical (unpaired) electrons. The third-order valence-corrected chi connectivity index (χ3v) is 5.79. The Labute approximate surface area is 175 Å². The van der Waals surface area contributed by atoms with Crippen LogP contribution in [0, 0.1) is 5.82 Å². The smallest absolute Gasteiger partial charge is 0.258 e. The Morgan fingerprint density at radius 1 is 1.31 bits per heavy atom. The minimum Gasteiger partial charge on any atom is -0.323 e. The van der Waals surface area contributed by atoms with Gasteiger partial charge in [0.25, 0.3) is 5.91 Å². The Balaban J connectivity index is 1.58. The number of anilines is 1. The quantitative estimate of drug-likeness (QED) is 0.792. The fourth-order valence-corrected chi connectivity index (χ4v) is 4.07. The first-order chi connectivity index (χ1) is 13.8. The van der Waals surface area contributed by atoms with Crippen LogP contribution in [0.2, 0.25) is 5.02 Å². The van der Waals surface area contributed by atoms with Crippen molar-refractivity contribution in [2.24, 2.45) is 9.98 Å². The number of thioether (sulfide) groups is 1. The molecule has 0 fully saturated rings. The third kappa shape index (κ3) is 3.65. The van der Waals surface area contributed by atoms with E-state index in [9.17, 15) is 14.0 Å². The number of carbonyl (C=O) groups is 2. The zero-order chi connectivity index (χ0) is 20.7. The number of benzene rings is 2. The molecule has 2 aliphatic heterocycles. The van der Waals surface area contributed by atoms with Gasteiger partial charge in [0, 0.05) is 10.6 Å². The van der Waals surface area contributed by atoms with E-state index in [4.69, 9.17) is 11.6 Å². The molecule has 0 unspecified atom stereocenters. The first-order valence-corrected chi connectivity index (χ1v) is 10.1. The monoisotopic (exact) mass is 430 g/mol. The maximum atomic E-state index is 14.0. The highest BCUT2D eigenvalue weighted by Gasteiger charge is 2.40. The highest BCUT2D eigenvalue weighted by Crippen LogP contribution is 2.34. The number of hydrogen-bond acceptors (Lipinski definition) is 5. The largest absolute Gasteiger partial charge is 0.323 e. The summed E-state index contributed by atoms with van der Waals surface area (Å²) in [6.07, 6.45) is 0. The van der Waals surface area contributed by atoms with Crippen LogP contribution in [-0.4, -0.2) is 39.0 Å². The van der Waals surface area contributed by atoms with Gasteiger partial charge in [-0.15, -0.1) is 0 Å². The normalized spacial score (nSPS) is 18.6. The van der Waals surface area contributed by atoms with Crippen LogP contribution >= 0.6 is 23.4 Å². The molecule has 2 amide bonds. The van der Waals surface area contributed by atoms with Crippen LogP contribution < -0.4 is 5.32 Å². The Morgan fingerprint density at radius 3 is 2.83 bits per heavy atom. The van der Waals surface area contributed by atoms with Crippen LogP contribution in [0.5, 0.6) is 0 Å². The Bertz CT molecular complexity index is 1090. The summed E-state index contributed by atoms with van der Waals surface area (Å²) in [6.45, 7) is 3.38. The maximum Gasteiger partial charge on any atom is 0.258 e. The van der Waals surface area contributed by atoms with Gasteiger partial charge < -0.3 is 5.32 Å². The number of nitrogens with zero attached hydrogens (tertiary/aromatic N) is 3. The van der Waals surface area contributed by atoms with Crippen LogP contribution in [0.1, 0.15) is 19.4 Å². The minimum atomic E-state index is -0.640. The zero-order valence-corrected chi connectivity index (χ0v) is 17.1. The number of fused-ring (bicyclic) bond motifs is 3. The number of nitrogens with one attached hydrogen (secondary N) is 1. The Hall–Kier alpha value is -2.71. The Kier molecular flexibility index (Phi) is 5.14. The fourth-order valence-electron chi connectivity index (χ4n) is 2.99. The summed E-state index contributed by atoms with van der Waals surface area (Å²) in [5.74, 6) is -0.704. The molecule has 29 heavy (non-hydrogen) atoms. The highest BCUT2D eigenvalue weighted by atomic mass is 35.5. The summed E-state index contributed by atoms with van der Waals surface area (Å²) in [6, 6.07) is 10.9. The van der Waals surface area contributed by atoms with Crippen molar-refractivity contribution in [3.63, 3.8) is 0 Å². The zero-order valence-electron chi connectivity index (χ0n) is 15.5. The van der Waals surface area contributed by atoms with Crippen molar-refractivity contribution >= 4 is 57.6 Å². The number of aliphatic imine (C=N–C) groups is 2. The molecule has 2 aromatic carbocycles. The van der Waals surface area contributed by atoms with Crippen molar-refractivity contribution in [1.29, 1.82) is 0 Å². The Morgan fingerprint density at radius 2 is 2.07 bits per heavy atom. The maximum absolute atomic E-state index is 14.0.